The smallest absolute Gasteiger partial charge is 0.417 e. The fourth-order valence-electron chi connectivity index (χ4n) is 3.65. The number of rotatable bonds is 5. The van der Waals surface area contributed by atoms with Crippen molar-refractivity contribution in [2.45, 2.75) is 32.8 Å². The van der Waals surface area contributed by atoms with Crippen LogP contribution in [0.1, 0.15) is 26.3 Å². The van der Waals surface area contributed by atoms with E-state index in [1.54, 1.807) is 27.0 Å². The Morgan fingerprint density at radius 3 is 2.70 bits per heavy atom. The predicted molar refractivity (Wildman–Crippen MR) is 131 cm³/mol. The number of aromatic amines is 2. The molecule has 0 unspecified atom stereocenters. The molecular weight excluding hydrogens is 442 g/mol. The Morgan fingerprint density at radius 1 is 1.24 bits per heavy atom. The molecule has 1 amide bonds. The summed E-state index contributed by atoms with van der Waals surface area (Å²) in [7, 11) is 0. The molecule has 0 bridgehead atoms. The molecule has 0 spiro atoms. The van der Waals surface area contributed by atoms with Gasteiger partial charge in [0.15, 0.2) is 5.96 Å². The number of H-pyrrole nitrogens is 2. The molecule has 2 heterocycles. The first-order chi connectivity index (χ1) is 15.6. The van der Waals surface area contributed by atoms with E-state index in [9.17, 15) is 4.79 Å². The van der Waals surface area contributed by atoms with Gasteiger partial charge in [0, 0.05) is 45.1 Å². The number of carbonyl (C=O) groups is 1. The third-order valence-electron chi connectivity index (χ3n) is 5.04. The first-order valence-corrected chi connectivity index (χ1v) is 10.8. The number of aromatic nitrogens is 3. The van der Waals surface area contributed by atoms with E-state index in [1.165, 1.54) is 0 Å². The predicted octanol–water partition coefficient (Wildman–Crippen LogP) is 5.11. The SMILES string of the molecule is CC(C)(C)OC(=O)N(CCc1cc(Nc2ccn[nH]2)cc2c1[nH]c1ccc(Cl)cc12)C(=N)N. The number of hydrogen-bond acceptors (Lipinski definition) is 5. The maximum atomic E-state index is 12.6. The number of benzene rings is 2. The van der Waals surface area contributed by atoms with Gasteiger partial charge in [-0.2, -0.15) is 5.10 Å². The average molecular weight is 468 g/mol. The summed E-state index contributed by atoms with van der Waals surface area (Å²) in [5.74, 6) is 0.382. The molecular formula is C23H26ClN7O2. The zero-order chi connectivity index (χ0) is 23.8. The van der Waals surface area contributed by atoms with E-state index in [4.69, 9.17) is 27.5 Å². The van der Waals surface area contributed by atoms with Crippen LogP contribution < -0.4 is 11.1 Å². The summed E-state index contributed by atoms with van der Waals surface area (Å²) < 4.78 is 5.41. The highest BCUT2D eigenvalue weighted by atomic mass is 35.5. The molecule has 4 rings (SSSR count). The van der Waals surface area contributed by atoms with Gasteiger partial charge in [-0.1, -0.05) is 11.6 Å². The fraction of sp³-hybridized carbons (Fsp3) is 0.261. The highest BCUT2D eigenvalue weighted by Gasteiger charge is 2.24. The Morgan fingerprint density at radius 2 is 2.03 bits per heavy atom. The van der Waals surface area contributed by atoms with Crippen molar-refractivity contribution in [2.24, 2.45) is 5.73 Å². The minimum absolute atomic E-state index is 0.184. The summed E-state index contributed by atoms with van der Waals surface area (Å²) in [6.07, 6.45) is 1.45. The van der Waals surface area contributed by atoms with Gasteiger partial charge in [-0.3, -0.25) is 10.5 Å². The summed E-state index contributed by atoms with van der Waals surface area (Å²) in [5, 5.41) is 20.7. The maximum Gasteiger partial charge on any atom is 0.417 e. The number of carbonyl (C=O) groups excluding carboxylic acids is 1. The quantitative estimate of drug-likeness (QED) is 0.205. The van der Waals surface area contributed by atoms with Gasteiger partial charge in [0.1, 0.15) is 11.4 Å². The molecule has 9 nitrogen and oxygen atoms in total. The van der Waals surface area contributed by atoms with Gasteiger partial charge in [-0.15, -0.1) is 0 Å². The second kappa shape index (κ2) is 8.67. The topological polar surface area (TPSA) is 136 Å². The van der Waals surface area contributed by atoms with E-state index in [1.807, 2.05) is 36.4 Å². The van der Waals surface area contributed by atoms with Crippen molar-refractivity contribution < 1.29 is 9.53 Å². The highest BCUT2D eigenvalue weighted by molar-refractivity contribution is 6.31. The Bertz CT molecular complexity index is 1320. The molecule has 0 radical (unpaired) electrons. The van der Waals surface area contributed by atoms with Crippen LogP contribution >= 0.6 is 11.6 Å². The lowest BCUT2D eigenvalue weighted by molar-refractivity contribution is 0.0368. The molecule has 0 fully saturated rings. The summed E-state index contributed by atoms with van der Waals surface area (Å²) >= 11 is 6.26. The van der Waals surface area contributed by atoms with Crippen LogP contribution in [0, 0.1) is 5.41 Å². The van der Waals surface area contributed by atoms with Gasteiger partial charge in [0.2, 0.25) is 0 Å². The number of nitrogens with zero attached hydrogens (tertiary/aromatic N) is 2. The summed E-state index contributed by atoms with van der Waals surface area (Å²) in [6.45, 7) is 5.50. The molecule has 33 heavy (non-hydrogen) atoms. The molecule has 2 aromatic heterocycles. The first kappa shape index (κ1) is 22.5. The number of fused-ring (bicyclic) bond motifs is 3. The van der Waals surface area contributed by atoms with E-state index < -0.39 is 11.7 Å². The third kappa shape index (κ3) is 5.04. The minimum atomic E-state index is -0.692. The van der Waals surface area contributed by atoms with Gasteiger partial charge >= 0.3 is 6.09 Å². The standard InChI is InChI=1S/C23H26ClN7O2/c1-23(2,3)33-22(32)31(21(25)26)9-7-13-10-15(28-19-6-8-27-30-19)12-17-16-11-14(24)4-5-18(16)29-20(13)17/h4-6,8,10-12,29H,7,9H2,1-3H3,(H3,25,26)(H2,27,28,30). The minimum Gasteiger partial charge on any atom is -0.443 e. The second-order valence-corrected chi connectivity index (χ2v) is 9.17. The van der Waals surface area contributed by atoms with E-state index in [0.29, 0.717) is 11.4 Å². The Balaban J connectivity index is 1.72. The largest absolute Gasteiger partial charge is 0.443 e. The van der Waals surface area contributed by atoms with E-state index in [0.717, 1.165) is 43.8 Å². The molecule has 10 heteroatoms. The van der Waals surface area contributed by atoms with Crippen LogP contribution in [-0.2, 0) is 11.2 Å². The zero-order valence-electron chi connectivity index (χ0n) is 18.6. The lowest BCUT2D eigenvalue weighted by Gasteiger charge is -2.26. The number of anilines is 2. The van der Waals surface area contributed by atoms with E-state index >= 15 is 0 Å². The molecule has 2 aromatic carbocycles. The number of halogens is 1. The number of hydrogen-bond donors (Lipinski definition) is 5. The average Bonchev–Trinajstić information content (AvgIpc) is 3.34. The first-order valence-electron chi connectivity index (χ1n) is 10.5. The normalized spacial score (nSPS) is 11.6. The van der Waals surface area contributed by atoms with Crippen molar-refractivity contribution in [3.05, 3.63) is 53.2 Å². The highest BCUT2D eigenvalue weighted by Crippen LogP contribution is 2.33. The molecule has 0 saturated carbocycles. The van der Waals surface area contributed by atoms with Crippen LogP contribution in [0.4, 0.5) is 16.3 Å². The van der Waals surface area contributed by atoms with Crippen molar-refractivity contribution in [2.75, 3.05) is 11.9 Å². The van der Waals surface area contributed by atoms with Crippen molar-refractivity contribution in [3.8, 4) is 0 Å². The number of nitrogens with two attached hydrogens (primary N) is 1. The van der Waals surface area contributed by atoms with Gasteiger partial charge in [0.25, 0.3) is 0 Å². The molecule has 0 saturated heterocycles. The fourth-order valence-corrected chi connectivity index (χ4v) is 3.83. The summed E-state index contributed by atoms with van der Waals surface area (Å²) in [5.41, 5.74) is 8.66. The van der Waals surface area contributed by atoms with E-state index in [-0.39, 0.29) is 12.5 Å². The maximum absolute atomic E-state index is 12.6. The van der Waals surface area contributed by atoms with Crippen LogP contribution in [0.15, 0.2) is 42.6 Å². The Labute approximate surface area is 195 Å². The van der Waals surface area contributed by atoms with Crippen molar-refractivity contribution >= 4 is 57.0 Å². The molecule has 0 aliphatic rings. The molecule has 6 N–H and O–H groups in total. The monoisotopic (exact) mass is 467 g/mol. The van der Waals surface area contributed by atoms with Crippen LogP contribution in [0.2, 0.25) is 5.02 Å². The lowest BCUT2D eigenvalue weighted by Crippen LogP contribution is -2.45. The number of nitrogens with one attached hydrogen (secondary N) is 4. The van der Waals surface area contributed by atoms with Gasteiger partial charge in [0.05, 0.1) is 6.20 Å². The van der Waals surface area contributed by atoms with Crippen molar-refractivity contribution in [1.82, 2.24) is 20.1 Å². The Hall–Kier alpha value is -3.72. The number of guanidine groups is 1. The van der Waals surface area contributed by atoms with E-state index in [2.05, 4.69) is 20.5 Å². The number of ether oxygens (including phenoxy) is 1. The summed E-state index contributed by atoms with van der Waals surface area (Å²) in [6, 6.07) is 11.5. The van der Waals surface area contributed by atoms with Gasteiger partial charge in [-0.25, -0.2) is 9.69 Å². The molecule has 0 aliphatic carbocycles. The Kier molecular flexibility index (Phi) is 5.90. The molecule has 0 aliphatic heterocycles. The summed E-state index contributed by atoms with van der Waals surface area (Å²) in [4.78, 5) is 17.2. The zero-order valence-corrected chi connectivity index (χ0v) is 19.4. The van der Waals surface area contributed by atoms with Crippen LogP contribution in [0.3, 0.4) is 0 Å². The van der Waals surface area contributed by atoms with Gasteiger partial charge in [-0.05, 0) is 63.1 Å². The van der Waals surface area contributed by atoms with Crippen molar-refractivity contribution in [3.63, 3.8) is 0 Å². The van der Waals surface area contributed by atoms with Gasteiger partial charge < -0.3 is 20.8 Å². The molecule has 172 valence electrons. The second-order valence-electron chi connectivity index (χ2n) is 8.74. The van der Waals surface area contributed by atoms with Crippen LogP contribution in [0.5, 0.6) is 0 Å². The van der Waals surface area contributed by atoms with Crippen LogP contribution in [0.25, 0.3) is 21.8 Å². The van der Waals surface area contributed by atoms with Crippen molar-refractivity contribution in [1.29, 1.82) is 5.41 Å². The molecule has 4 aromatic rings. The lowest BCUT2D eigenvalue weighted by atomic mass is 10.0. The van der Waals surface area contributed by atoms with Crippen LogP contribution in [-0.4, -0.2) is 44.3 Å². The molecule has 0 atom stereocenters. The third-order valence-corrected chi connectivity index (χ3v) is 5.28. The number of amides is 1.